The monoisotopic (exact) mass is 219 g/mol. The maximum absolute atomic E-state index is 11.1. The Morgan fingerprint density at radius 1 is 1.38 bits per heavy atom. The van der Waals surface area contributed by atoms with Crippen LogP contribution < -0.4 is 4.90 Å². The number of aldehydes is 1. The van der Waals surface area contributed by atoms with Crippen molar-refractivity contribution in [1.82, 2.24) is 0 Å². The summed E-state index contributed by atoms with van der Waals surface area (Å²) < 4.78 is 0. The molecule has 0 aliphatic carbocycles. The van der Waals surface area contributed by atoms with E-state index >= 15 is 0 Å². The highest BCUT2D eigenvalue weighted by molar-refractivity contribution is 5.85. The number of nitrogens with zero attached hydrogens (tertiary/aromatic N) is 1. The largest absolute Gasteiger partial charge is 0.369 e. The second-order valence-electron chi connectivity index (χ2n) is 4.47. The highest BCUT2D eigenvalue weighted by Gasteiger charge is 2.13. The third kappa shape index (κ3) is 2.84. The molecule has 0 bridgehead atoms. The van der Waals surface area contributed by atoms with Crippen LogP contribution in [0.15, 0.2) is 18.2 Å². The number of carbonyl (C=O) groups excluding carboxylic acids is 1. The van der Waals surface area contributed by atoms with Crippen molar-refractivity contribution in [3.63, 3.8) is 0 Å². The molecule has 0 aliphatic rings. The lowest BCUT2D eigenvalue weighted by molar-refractivity contribution is 0.112. The molecule has 0 aliphatic heterocycles. The zero-order valence-electron chi connectivity index (χ0n) is 10.7. The molecule has 1 aromatic carbocycles. The Morgan fingerprint density at radius 2 is 2.06 bits per heavy atom. The van der Waals surface area contributed by atoms with Gasteiger partial charge in [-0.15, -0.1) is 0 Å². The zero-order valence-corrected chi connectivity index (χ0v) is 10.7. The van der Waals surface area contributed by atoms with Gasteiger partial charge in [0.2, 0.25) is 0 Å². The highest BCUT2D eigenvalue weighted by Crippen LogP contribution is 2.22. The lowest BCUT2D eigenvalue weighted by Gasteiger charge is -2.29. The molecule has 2 heteroatoms. The van der Waals surface area contributed by atoms with Crippen molar-refractivity contribution in [2.75, 3.05) is 11.4 Å². The number of aryl methyl sites for hydroxylation is 1. The van der Waals surface area contributed by atoms with Gasteiger partial charge in [0.25, 0.3) is 0 Å². The Labute approximate surface area is 98.3 Å². The smallest absolute Gasteiger partial charge is 0.152 e. The molecule has 1 aromatic rings. The van der Waals surface area contributed by atoms with Gasteiger partial charge in [-0.3, -0.25) is 4.79 Å². The molecule has 2 nitrogen and oxygen atoms in total. The summed E-state index contributed by atoms with van der Waals surface area (Å²) in [7, 11) is 0. The van der Waals surface area contributed by atoms with Crippen LogP contribution in [0.3, 0.4) is 0 Å². The minimum Gasteiger partial charge on any atom is -0.369 e. The van der Waals surface area contributed by atoms with Gasteiger partial charge in [-0.25, -0.2) is 0 Å². The lowest BCUT2D eigenvalue weighted by Crippen LogP contribution is -2.32. The predicted octanol–water partition coefficient (Wildman–Crippen LogP) is 3.43. The maximum Gasteiger partial charge on any atom is 0.152 e. The second-order valence-corrected chi connectivity index (χ2v) is 4.47. The number of hydrogen-bond donors (Lipinski definition) is 0. The minimum absolute atomic E-state index is 0.418. The molecule has 0 fully saturated rings. The Kier molecular flexibility index (Phi) is 4.53. The molecule has 0 N–H and O–H groups in total. The van der Waals surface area contributed by atoms with Gasteiger partial charge in [-0.05, 0) is 39.3 Å². The molecule has 0 atom stereocenters. The van der Waals surface area contributed by atoms with Crippen LogP contribution in [0.5, 0.6) is 0 Å². The molecule has 0 unspecified atom stereocenters. The molecular formula is C14H21NO. The quantitative estimate of drug-likeness (QED) is 0.707. The molecule has 0 saturated carbocycles. The van der Waals surface area contributed by atoms with Gasteiger partial charge in [0.05, 0.1) is 0 Å². The Morgan fingerprint density at radius 3 is 2.56 bits per heavy atom. The van der Waals surface area contributed by atoms with E-state index in [2.05, 4.69) is 37.8 Å². The Hall–Kier alpha value is -1.31. The Bertz CT molecular complexity index is 358. The summed E-state index contributed by atoms with van der Waals surface area (Å²) in [5, 5.41) is 0. The van der Waals surface area contributed by atoms with E-state index in [4.69, 9.17) is 0 Å². The van der Waals surface area contributed by atoms with Gasteiger partial charge >= 0.3 is 0 Å². The number of benzene rings is 1. The number of hydrogen-bond acceptors (Lipinski definition) is 2. The van der Waals surface area contributed by atoms with Crippen LogP contribution in [0.2, 0.25) is 0 Å². The van der Waals surface area contributed by atoms with Gasteiger partial charge in [0.15, 0.2) is 6.29 Å². The molecular weight excluding hydrogens is 198 g/mol. The fraction of sp³-hybridized carbons (Fsp3) is 0.500. The van der Waals surface area contributed by atoms with E-state index in [-0.39, 0.29) is 0 Å². The van der Waals surface area contributed by atoms with Crippen molar-refractivity contribution in [3.8, 4) is 0 Å². The molecule has 0 heterocycles. The van der Waals surface area contributed by atoms with Crippen LogP contribution >= 0.6 is 0 Å². The van der Waals surface area contributed by atoms with Crippen LogP contribution in [0.4, 0.5) is 5.69 Å². The topological polar surface area (TPSA) is 20.3 Å². The molecule has 16 heavy (non-hydrogen) atoms. The summed E-state index contributed by atoms with van der Waals surface area (Å²) >= 11 is 0. The third-order valence-corrected chi connectivity index (χ3v) is 2.71. The molecule has 88 valence electrons. The van der Waals surface area contributed by atoms with Crippen LogP contribution in [-0.4, -0.2) is 18.9 Å². The van der Waals surface area contributed by atoms with Crippen molar-refractivity contribution in [1.29, 1.82) is 0 Å². The van der Waals surface area contributed by atoms with E-state index < -0.39 is 0 Å². The van der Waals surface area contributed by atoms with E-state index in [9.17, 15) is 4.79 Å². The third-order valence-electron chi connectivity index (χ3n) is 2.71. The number of anilines is 1. The fourth-order valence-corrected chi connectivity index (χ4v) is 1.93. The predicted molar refractivity (Wildman–Crippen MR) is 69.3 cm³/mol. The van der Waals surface area contributed by atoms with Crippen LogP contribution in [-0.2, 0) is 0 Å². The highest BCUT2D eigenvalue weighted by atomic mass is 16.1. The zero-order chi connectivity index (χ0) is 12.1. The number of carbonyl (C=O) groups is 1. The molecule has 0 saturated heterocycles. The van der Waals surface area contributed by atoms with Gasteiger partial charge < -0.3 is 4.90 Å². The van der Waals surface area contributed by atoms with Crippen molar-refractivity contribution in [3.05, 3.63) is 29.3 Å². The normalized spacial score (nSPS) is 10.6. The lowest BCUT2D eigenvalue weighted by atomic mass is 10.1. The van der Waals surface area contributed by atoms with Crippen molar-refractivity contribution in [2.24, 2.45) is 0 Å². The summed E-state index contributed by atoms with van der Waals surface area (Å²) in [6, 6.07) is 6.48. The van der Waals surface area contributed by atoms with E-state index in [1.165, 1.54) is 0 Å². The van der Waals surface area contributed by atoms with Gasteiger partial charge in [0, 0.05) is 23.8 Å². The first kappa shape index (κ1) is 12.8. The van der Waals surface area contributed by atoms with E-state index in [0.717, 1.165) is 36.1 Å². The van der Waals surface area contributed by atoms with E-state index in [0.29, 0.717) is 6.04 Å². The molecule has 0 spiro atoms. The summed E-state index contributed by atoms with van der Waals surface area (Å²) in [6.07, 6.45) is 2.04. The molecule has 0 aromatic heterocycles. The maximum atomic E-state index is 11.1. The fourth-order valence-electron chi connectivity index (χ4n) is 1.93. The molecule has 0 amide bonds. The van der Waals surface area contributed by atoms with E-state index in [1.54, 1.807) is 0 Å². The average Bonchev–Trinajstić information content (AvgIpc) is 2.26. The summed E-state index contributed by atoms with van der Waals surface area (Å²) in [5.41, 5.74) is 2.98. The second kappa shape index (κ2) is 5.69. The standard InChI is InChI=1S/C14H21NO/c1-5-8-15(11(2)3)14-7-6-12(4)9-13(14)10-16/h6-7,9-11H,5,8H2,1-4H3. The molecule has 1 rings (SSSR count). The first-order valence-corrected chi connectivity index (χ1v) is 5.92. The SMILES string of the molecule is CCCN(c1ccc(C)cc1C=O)C(C)C. The van der Waals surface area contributed by atoms with Gasteiger partial charge in [0.1, 0.15) is 0 Å². The minimum atomic E-state index is 0.418. The first-order valence-electron chi connectivity index (χ1n) is 5.92. The summed E-state index contributed by atoms with van der Waals surface area (Å²) in [4.78, 5) is 13.4. The van der Waals surface area contributed by atoms with Crippen LogP contribution in [0, 0.1) is 6.92 Å². The average molecular weight is 219 g/mol. The van der Waals surface area contributed by atoms with Gasteiger partial charge in [-0.2, -0.15) is 0 Å². The van der Waals surface area contributed by atoms with Crippen LogP contribution in [0.25, 0.3) is 0 Å². The Balaban J connectivity index is 3.12. The first-order chi connectivity index (χ1) is 7.60. The van der Waals surface area contributed by atoms with Crippen molar-refractivity contribution in [2.45, 2.75) is 40.2 Å². The van der Waals surface area contributed by atoms with Crippen molar-refractivity contribution >= 4 is 12.0 Å². The molecule has 0 radical (unpaired) electrons. The summed E-state index contributed by atoms with van der Waals surface area (Å²) in [5.74, 6) is 0. The van der Waals surface area contributed by atoms with Gasteiger partial charge in [-0.1, -0.05) is 18.6 Å². The van der Waals surface area contributed by atoms with Crippen LogP contribution in [0.1, 0.15) is 43.1 Å². The van der Waals surface area contributed by atoms with Crippen molar-refractivity contribution < 1.29 is 4.79 Å². The van der Waals surface area contributed by atoms with E-state index in [1.807, 2.05) is 13.0 Å². The summed E-state index contributed by atoms with van der Waals surface area (Å²) in [6.45, 7) is 9.47. The number of rotatable bonds is 5.